The van der Waals surface area contributed by atoms with Gasteiger partial charge in [0.25, 0.3) is 0 Å². The summed E-state index contributed by atoms with van der Waals surface area (Å²) in [6.07, 6.45) is 1.05. The second-order valence-electron chi connectivity index (χ2n) is 6.32. The van der Waals surface area contributed by atoms with E-state index < -0.39 is 0 Å². The van der Waals surface area contributed by atoms with E-state index in [-0.39, 0.29) is 0 Å². The Labute approximate surface area is 142 Å². The molecule has 2 heterocycles. The summed E-state index contributed by atoms with van der Waals surface area (Å²) in [6, 6.07) is 17.2. The third kappa shape index (κ3) is 3.17. The first-order valence-electron chi connectivity index (χ1n) is 8.25. The molecule has 120 valence electrons. The van der Waals surface area contributed by atoms with Gasteiger partial charge in [0.2, 0.25) is 0 Å². The molecule has 0 radical (unpaired) electrons. The Morgan fingerprint density at radius 2 is 1.96 bits per heavy atom. The van der Waals surface area contributed by atoms with Crippen LogP contribution in [0, 0.1) is 0 Å². The van der Waals surface area contributed by atoms with Gasteiger partial charge in [-0.15, -0.1) is 0 Å². The van der Waals surface area contributed by atoms with Gasteiger partial charge in [0.15, 0.2) is 0 Å². The number of piperazine rings is 1. The van der Waals surface area contributed by atoms with Crippen LogP contribution in [0.1, 0.15) is 12.0 Å². The molecule has 0 spiro atoms. The van der Waals surface area contributed by atoms with Crippen LogP contribution >= 0.6 is 11.6 Å². The zero-order chi connectivity index (χ0) is 15.6. The first-order chi connectivity index (χ1) is 11.3. The Hall–Kier alpha value is -1.71. The molecule has 1 saturated heterocycles. The third-order valence-electron chi connectivity index (χ3n) is 4.76. The predicted molar refractivity (Wildman–Crippen MR) is 94.4 cm³/mol. The molecule has 2 aliphatic rings. The quantitative estimate of drug-likeness (QED) is 0.833. The molecule has 1 fully saturated rings. The molecule has 4 heteroatoms. The first-order valence-corrected chi connectivity index (χ1v) is 8.63. The molecular formula is C19H21ClN2O. The largest absolute Gasteiger partial charge is 0.491 e. The van der Waals surface area contributed by atoms with Gasteiger partial charge < -0.3 is 9.64 Å². The highest BCUT2D eigenvalue weighted by molar-refractivity contribution is 6.30. The highest BCUT2D eigenvalue weighted by atomic mass is 35.5. The van der Waals surface area contributed by atoms with Gasteiger partial charge in [-0.25, -0.2) is 0 Å². The van der Waals surface area contributed by atoms with Crippen molar-refractivity contribution in [1.29, 1.82) is 0 Å². The lowest BCUT2D eigenvalue weighted by Gasteiger charge is -2.42. The first kappa shape index (κ1) is 14.9. The van der Waals surface area contributed by atoms with Crippen molar-refractivity contribution in [1.82, 2.24) is 4.90 Å². The maximum atomic E-state index is 6.11. The van der Waals surface area contributed by atoms with E-state index in [1.165, 1.54) is 11.3 Å². The van der Waals surface area contributed by atoms with Gasteiger partial charge in [-0.1, -0.05) is 41.9 Å². The van der Waals surface area contributed by atoms with Crippen LogP contribution in [0.4, 0.5) is 5.69 Å². The maximum absolute atomic E-state index is 6.11. The molecule has 2 aliphatic heterocycles. The smallest absolute Gasteiger partial charge is 0.144 e. The van der Waals surface area contributed by atoms with E-state index in [1.54, 1.807) is 0 Å². The van der Waals surface area contributed by atoms with Crippen molar-refractivity contribution >= 4 is 17.3 Å². The minimum Gasteiger partial charge on any atom is -0.491 e. The SMILES string of the molecule is Clc1ccc2c(c1)OCC[C@@H]1CN(Cc3ccccc3)CCN21. The Kier molecular flexibility index (Phi) is 4.15. The van der Waals surface area contributed by atoms with E-state index in [4.69, 9.17) is 16.3 Å². The fourth-order valence-corrected chi connectivity index (χ4v) is 3.78. The highest BCUT2D eigenvalue weighted by Gasteiger charge is 2.30. The van der Waals surface area contributed by atoms with Crippen LogP contribution in [0.25, 0.3) is 0 Å². The van der Waals surface area contributed by atoms with Crippen molar-refractivity contribution in [2.75, 3.05) is 31.1 Å². The molecule has 0 saturated carbocycles. The molecule has 1 atom stereocenters. The highest BCUT2D eigenvalue weighted by Crippen LogP contribution is 2.36. The van der Waals surface area contributed by atoms with E-state index in [1.807, 2.05) is 12.1 Å². The minimum atomic E-state index is 0.509. The normalized spacial score (nSPS) is 21.1. The summed E-state index contributed by atoms with van der Waals surface area (Å²) in [5, 5.41) is 0.741. The van der Waals surface area contributed by atoms with Crippen LogP contribution in [-0.2, 0) is 6.54 Å². The predicted octanol–water partition coefficient (Wildman–Crippen LogP) is 3.81. The van der Waals surface area contributed by atoms with Crippen LogP contribution in [0.5, 0.6) is 5.75 Å². The lowest BCUT2D eigenvalue weighted by molar-refractivity contribution is 0.202. The van der Waals surface area contributed by atoms with Crippen LogP contribution in [-0.4, -0.2) is 37.2 Å². The average molecular weight is 329 g/mol. The second-order valence-corrected chi connectivity index (χ2v) is 6.75. The molecule has 4 rings (SSSR count). The molecule has 0 aromatic heterocycles. The molecule has 0 amide bonds. The van der Waals surface area contributed by atoms with Crippen LogP contribution in [0.15, 0.2) is 48.5 Å². The van der Waals surface area contributed by atoms with Gasteiger partial charge in [0.05, 0.1) is 12.3 Å². The second kappa shape index (κ2) is 6.42. The van der Waals surface area contributed by atoms with E-state index in [0.29, 0.717) is 6.04 Å². The fraction of sp³-hybridized carbons (Fsp3) is 0.368. The molecule has 23 heavy (non-hydrogen) atoms. The molecule has 0 N–H and O–H groups in total. The number of hydrogen-bond donors (Lipinski definition) is 0. The summed E-state index contributed by atoms with van der Waals surface area (Å²) >= 11 is 6.11. The zero-order valence-corrected chi connectivity index (χ0v) is 13.9. The Balaban J connectivity index is 1.51. The van der Waals surface area contributed by atoms with Gasteiger partial charge >= 0.3 is 0 Å². The summed E-state index contributed by atoms with van der Waals surface area (Å²) in [5.41, 5.74) is 2.58. The number of anilines is 1. The summed E-state index contributed by atoms with van der Waals surface area (Å²) in [7, 11) is 0. The summed E-state index contributed by atoms with van der Waals surface area (Å²) in [5.74, 6) is 0.927. The minimum absolute atomic E-state index is 0.509. The van der Waals surface area contributed by atoms with Crippen molar-refractivity contribution in [3.63, 3.8) is 0 Å². The van der Waals surface area contributed by atoms with Gasteiger partial charge in [-0.3, -0.25) is 4.90 Å². The van der Waals surface area contributed by atoms with Crippen molar-refractivity contribution in [3.05, 3.63) is 59.1 Å². The number of halogens is 1. The average Bonchev–Trinajstić information content (AvgIpc) is 2.74. The van der Waals surface area contributed by atoms with Crippen LogP contribution in [0.2, 0.25) is 5.02 Å². The van der Waals surface area contributed by atoms with E-state index >= 15 is 0 Å². The molecule has 2 aromatic rings. The molecule has 3 nitrogen and oxygen atoms in total. The van der Waals surface area contributed by atoms with Crippen molar-refractivity contribution < 1.29 is 4.74 Å². The summed E-state index contributed by atoms with van der Waals surface area (Å²) < 4.78 is 5.93. The summed E-state index contributed by atoms with van der Waals surface area (Å²) in [4.78, 5) is 5.05. The van der Waals surface area contributed by atoms with Crippen molar-refractivity contribution in [2.24, 2.45) is 0 Å². The molecular weight excluding hydrogens is 308 g/mol. The number of ether oxygens (including phenoxy) is 1. The fourth-order valence-electron chi connectivity index (χ4n) is 3.61. The van der Waals surface area contributed by atoms with Crippen LogP contribution in [0.3, 0.4) is 0 Å². The topological polar surface area (TPSA) is 15.7 Å². The van der Waals surface area contributed by atoms with Gasteiger partial charge in [-0.2, -0.15) is 0 Å². The Morgan fingerprint density at radius 3 is 2.83 bits per heavy atom. The van der Waals surface area contributed by atoms with E-state index in [0.717, 1.165) is 50.0 Å². The zero-order valence-electron chi connectivity index (χ0n) is 13.1. The molecule has 2 aromatic carbocycles. The maximum Gasteiger partial charge on any atom is 0.144 e. The Morgan fingerprint density at radius 1 is 1.09 bits per heavy atom. The van der Waals surface area contributed by atoms with Gasteiger partial charge in [0.1, 0.15) is 5.75 Å². The Bertz CT molecular complexity index is 676. The lowest BCUT2D eigenvalue weighted by Crippen LogP contribution is -2.52. The number of rotatable bonds is 2. The standard InChI is InChI=1S/C19H21ClN2O/c20-16-6-7-18-19(12-16)23-11-8-17-14-21(9-10-22(17)18)13-15-4-2-1-3-5-15/h1-7,12,17H,8-11,13-14H2/t17-/m1/s1. The number of nitrogens with zero attached hydrogens (tertiary/aromatic N) is 2. The van der Waals surface area contributed by atoms with Crippen molar-refractivity contribution in [2.45, 2.75) is 19.0 Å². The van der Waals surface area contributed by atoms with Crippen LogP contribution < -0.4 is 9.64 Å². The molecule has 0 bridgehead atoms. The molecule has 0 unspecified atom stereocenters. The number of benzene rings is 2. The third-order valence-corrected chi connectivity index (χ3v) is 4.99. The van der Waals surface area contributed by atoms with Gasteiger partial charge in [0, 0.05) is 49.7 Å². The van der Waals surface area contributed by atoms with Gasteiger partial charge in [-0.05, 0) is 17.7 Å². The van der Waals surface area contributed by atoms with E-state index in [2.05, 4.69) is 46.2 Å². The molecule has 0 aliphatic carbocycles. The monoisotopic (exact) mass is 328 g/mol. The van der Waals surface area contributed by atoms with E-state index in [9.17, 15) is 0 Å². The summed E-state index contributed by atoms with van der Waals surface area (Å²) in [6.45, 7) is 4.98. The number of hydrogen-bond acceptors (Lipinski definition) is 3. The lowest BCUT2D eigenvalue weighted by atomic mass is 10.1. The van der Waals surface area contributed by atoms with Crippen molar-refractivity contribution in [3.8, 4) is 5.75 Å². The number of fused-ring (bicyclic) bond motifs is 3.